The Kier molecular flexibility index (Phi) is 2.64. The van der Waals surface area contributed by atoms with E-state index < -0.39 is 0 Å². The largest absolute Gasteiger partial charge is 0.483 e. The van der Waals surface area contributed by atoms with Crippen LogP contribution in [0.15, 0.2) is 41.1 Å². The van der Waals surface area contributed by atoms with Crippen molar-refractivity contribution >= 4 is 10.9 Å². The van der Waals surface area contributed by atoms with Gasteiger partial charge in [-0.05, 0) is 12.1 Å². The first kappa shape index (κ1) is 10.7. The van der Waals surface area contributed by atoms with E-state index in [-0.39, 0.29) is 6.61 Å². The van der Waals surface area contributed by atoms with Gasteiger partial charge in [0.1, 0.15) is 11.3 Å². The molecular weight excluding hydrogens is 230 g/mol. The van der Waals surface area contributed by atoms with Gasteiger partial charge in [0.25, 0.3) is 0 Å². The number of hydrogen-bond acceptors (Lipinski definition) is 5. The predicted octanol–water partition coefficient (Wildman–Crippen LogP) is 2.51. The van der Waals surface area contributed by atoms with Gasteiger partial charge in [-0.1, -0.05) is 23.4 Å². The monoisotopic (exact) mass is 241 g/mol. The molecule has 0 saturated carbocycles. The van der Waals surface area contributed by atoms with Crippen molar-refractivity contribution in [3.05, 3.63) is 48.2 Å². The minimum absolute atomic E-state index is 0.271. The van der Waals surface area contributed by atoms with Crippen molar-refractivity contribution in [1.82, 2.24) is 15.1 Å². The van der Waals surface area contributed by atoms with Gasteiger partial charge in [-0.3, -0.25) is 4.98 Å². The molecule has 18 heavy (non-hydrogen) atoms. The standard InChI is InChI=1S/C13H11N3O2/c1-9-15-12(16-18-9)8-17-11-6-2-4-10-5-3-7-14-13(10)11/h2-7H,8H2,1H3. The number of benzene rings is 1. The van der Waals surface area contributed by atoms with Crippen LogP contribution in [-0.2, 0) is 6.61 Å². The third-order valence-corrected chi connectivity index (χ3v) is 2.52. The van der Waals surface area contributed by atoms with E-state index in [2.05, 4.69) is 15.1 Å². The van der Waals surface area contributed by atoms with Crippen LogP contribution in [0.5, 0.6) is 5.75 Å². The van der Waals surface area contributed by atoms with Gasteiger partial charge in [-0.15, -0.1) is 0 Å². The van der Waals surface area contributed by atoms with E-state index in [1.807, 2.05) is 30.3 Å². The van der Waals surface area contributed by atoms with Crippen molar-refractivity contribution in [3.63, 3.8) is 0 Å². The Morgan fingerprint density at radius 1 is 1.22 bits per heavy atom. The van der Waals surface area contributed by atoms with Crippen molar-refractivity contribution in [1.29, 1.82) is 0 Å². The SMILES string of the molecule is Cc1nc(COc2cccc3cccnc23)no1. The van der Waals surface area contributed by atoms with Gasteiger partial charge in [-0.25, -0.2) is 0 Å². The highest BCUT2D eigenvalue weighted by Gasteiger charge is 2.06. The molecule has 0 fully saturated rings. The maximum absolute atomic E-state index is 5.67. The van der Waals surface area contributed by atoms with Crippen LogP contribution in [0, 0.1) is 6.92 Å². The molecule has 0 atom stereocenters. The fraction of sp³-hybridized carbons (Fsp3) is 0.154. The fourth-order valence-electron chi connectivity index (χ4n) is 1.73. The van der Waals surface area contributed by atoms with E-state index in [9.17, 15) is 0 Å². The van der Waals surface area contributed by atoms with E-state index in [1.54, 1.807) is 13.1 Å². The van der Waals surface area contributed by atoms with Gasteiger partial charge in [0.15, 0.2) is 6.61 Å². The molecule has 0 unspecified atom stereocenters. The summed E-state index contributed by atoms with van der Waals surface area (Å²) in [5.74, 6) is 1.78. The summed E-state index contributed by atoms with van der Waals surface area (Å²) in [4.78, 5) is 8.39. The average molecular weight is 241 g/mol. The number of para-hydroxylation sites is 1. The molecule has 2 heterocycles. The van der Waals surface area contributed by atoms with Crippen molar-refractivity contribution in [3.8, 4) is 5.75 Å². The maximum Gasteiger partial charge on any atom is 0.223 e. The zero-order valence-electron chi connectivity index (χ0n) is 9.83. The van der Waals surface area contributed by atoms with Crippen LogP contribution in [0.25, 0.3) is 10.9 Å². The average Bonchev–Trinajstić information content (AvgIpc) is 2.82. The highest BCUT2D eigenvalue weighted by Crippen LogP contribution is 2.23. The second kappa shape index (κ2) is 4.44. The molecule has 5 heteroatoms. The van der Waals surface area contributed by atoms with Crippen molar-refractivity contribution < 1.29 is 9.26 Å². The van der Waals surface area contributed by atoms with Gasteiger partial charge in [-0.2, -0.15) is 4.98 Å². The molecule has 0 saturated heterocycles. The van der Waals surface area contributed by atoms with Gasteiger partial charge in [0, 0.05) is 18.5 Å². The number of aryl methyl sites for hydroxylation is 1. The van der Waals surface area contributed by atoms with Crippen molar-refractivity contribution in [2.45, 2.75) is 13.5 Å². The smallest absolute Gasteiger partial charge is 0.223 e. The van der Waals surface area contributed by atoms with Gasteiger partial charge >= 0.3 is 0 Å². The van der Waals surface area contributed by atoms with Crippen molar-refractivity contribution in [2.24, 2.45) is 0 Å². The first-order valence-corrected chi connectivity index (χ1v) is 5.59. The summed E-state index contributed by atoms with van der Waals surface area (Å²) in [6.45, 7) is 2.02. The summed E-state index contributed by atoms with van der Waals surface area (Å²) in [7, 11) is 0. The van der Waals surface area contributed by atoms with E-state index in [4.69, 9.17) is 9.26 Å². The molecule has 3 rings (SSSR count). The number of fused-ring (bicyclic) bond motifs is 1. The van der Waals surface area contributed by atoms with Crippen LogP contribution in [0.4, 0.5) is 0 Å². The lowest BCUT2D eigenvalue weighted by molar-refractivity contribution is 0.288. The Morgan fingerprint density at radius 3 is 2.94 bits per heavy atom. The number of hydrogen-bond donors (Lipinski definition) is 0. The summed E-state index contributed by atoms with van der Waals surface area (Å²) in [6.07, 6.45) is 1.74. The molecule has 0 amide bonds. The van der Waals surface area contributed by atoms with E-state index >= 15 is 0 Å². The summed E-state index contributed by atoms with van der Waals surface area (Å²) < 4.78 is 10.6. The highest BCUT2D eigenvalue weighted by atomic mass is 16.5. The normalized spacial score (nSPS) is 10.7. The van der Waals surface area contributed by atoms with E-state index in [0.29, 0.717) is 11.7 Å². The quantitative estimate of drug-likeness (QED) is 0.705. The summed E-state index contributed by atoms with van der Waals surface area (Å²) in [5, 5.41) is 4.82. The Hall–Kier alpha value is -2.43. The predicted molar refractivity (Wildman–Crippen MR) is 65.1 cm³/mol. The minimum atomic E-state index is 0.271. The summed E-state index contributed by atoms with van der Waals surface area (Å²) in [6, 6.07) is 9.69. The molecule has 0 spiro atoms. The Bertz CT molecular complexity index is 673. The summed E-state index contributed by atoms with van der Waals surface area (Å²) >= 11 is 0. The van der Waals surface area contributed by atoms with Gasteiger partial charge < -0.3 is 9.26 Å². The third-order valence-electron chi connectivity index (χ3n) is 2.52. The summed E-state index contributed by atoms with van der Waals surface area (Å²) in [5.41, 5.74) is 0.834. The van der Waals surface area contributed by atoms with Crippen LogP contribution >= 0.6 is 0 Å². The van der Waals surface area contributed by atoms with E-state index in [0.717, 1.165) is 16.7 Å². The van der Waals surface area contributed by atoms with Crippen LogP contribution in [0.1, 0.15) is 11.7 Å². The Balaban J connectivity index is 1.86. The molecule has 0 aliphatic rings. The number of pyridine rings is 1. The number of ether oxygens (including phenoxy) is 1. The van der Waals surface area contributed by atoms with E-state index in [1.165, 1.54) is 0 Å². The number of nitrogens with zero attached hydrogens (tertiary/aromatic N) is 3. The second-order valence-electron chi connectivity index (χ2n) is 3.85. The fourth-order valence-corrected chi connectivity index (χ4v) is 1.73. The topological polar surface area (TPSA) is 61.0 Å². The highest BCUT2D eigenvalue weighted by molar-refractivity contribution is 5.84. The lowest BCUT2D eigenvalue weighted by atomic mass is 10.2. The first-order chi connectivity index (χ1) is 8.83. The number of rotatable bonds is 3. The number of aromatic nitrogens is 3. The molecule has 1 aromatic carbocycles. The molecule has 0 bridgehead atoms. The molecule has 0 radical (unpaired) electrons. The lowest BCUT2D eigenvalue weighted by Gasteiger charge is -2.06. The molecular formula is C13H11N3O2. The van der Waals surface area contributed by atoms with Gasteiger partial charge in [0.05, 0.1) is 0 Å². The molecule has 0 aliphatic carbocycles. The first-order valence-electron chi connectivity index (χ1n) is 5.59. The lowest BCUT2D eigenvalue weighted by Crippen LogP contribution is -1.98. The van der Waals surface area contributed by atoms with Crippen molar-refractivity contribution in [2.75, 3.05) is 0 Å². The van der Waals surface area contributed by atoms with Crippen LogP contribution in [0.3, 0.4) is 0 Å². The third kappa shape index (κ3) is 2.02. The van der Waals surface area contributed by atoms with Crippen LogP contribution in [-0.4, -0.2) is 15.1 Å². The minimum Gasteiger partial charge on any atom is -0.483 e. The van der Waals surface area contributed by atoms with Crippen LogP contribution in [0.2, 0.25) is 0 Å². The zero-order chi connectivity index (χ0) is 12.4. The molecule has 0 aliphatic heterocycles. The molecule has 2 aromatic heterocycles. The molecule has 3 aromatic rings. The zero-order valence-corrected chi connectivity index (χ0v) is 9.83. The molecule has 0 N–H and O–H groups in total. The molecule has 90 valence electrons. The molecule has 5 nitrogen and oxygen atoms in total. The Labute approximate surface area is 103 Å². The second-order valence-corrected chi connectivity index (χ2v) is 3.85. The van der Waals surface area contributed by atoms with Gasteiger partial charge in [0.2, 0.25) is 11.7 Å². The maximum atomic E-state index is 5.67. The Morgan fingerprint density at radius 2 is 2.11 bits per heavy atom. The van der Waals surface area contributed by atoms with Crippen LogP contribution < -0.4 is 4.74 Å².